The molecule has 0 aromatic carbocycles. The molecule has 0 atom stereocenters. The molecule has 0 saturated carbocycles. The van der Waals surface area contributed by atoms with Crippen molar-refractivity contribution in [3.05, 3.63) is 0 Å². The van der Waals surface area contributed by atoms with Crippen LogP contribution >= 0.6 is 0 Å². The van der Waals surface area contributed by atoms with E-state index in [-0.39, 0.29) is 84.8 Å². The van der Waals surface area contributed by atoms with Crippen LogP contribution in [0.25, 0.3) is 0 Å². The van der Waals surface area contributed by atoms with Crippen molar-refractivity contribution in [3.63, 3.8) is 0 Å². The first-order valence-electron chi connectivity index (χ1n) is 12.5. The van der Waals surface area contributed by atoms with E-state index in [1.807, 2.05) is 0 Å². The summed E-state index contributed by atoms with van der Waals surface area (Å²) in [6.45, 7) is 0. The predicted molar refractivity (Wildman–Crippen MR) is 122 cm³/mol. The third kappa shape index (κ3) is 33.4. The predicted octanol–water partition coefficient (Wildman–Crippen LogP) is -20.9. The first kappa shape index (κ1) is 69.9. The molecule has 56 heavy (non-hydrogen) atoms. The molecule has 0 heterocycles. The Morgan fingerprint density at radius 3 is 0.375 bits per heavy atom. The van der Waals surface area contributed by atoms with Crippen LogP contribution in [-0.2, 0) is 136 Å². The smallest absolute Gasteiger partial charge is 0.550 e. The van der Waals surface area contributed by atoms with Crippen LogP contribution in [0.15, 0.2) is 0 Å². The van der Waals surface area contributed by atoms with Gasteiger partial charge in [-0.05, 0) is 0 Å². The normalized spacial score (nSPS) is 10.1. The Kier molecular flexibility index (Phi) is 39.0. The third-order valence-corrected chi connectivity index (χ3v) is 5.01. The van der Waals surface area contributed by atoms with Crippen LogP contribution in [0.1, 0.15) is 51.4 Å². The zero-order valence-electron chi connectivity index (χ0n) is 27.5. The van der Waals surface area contributed by atoms with Crippen molar-refractivity contribution in [2.24, 2.45) is 0 Å². The molecule has 29 nitrogen and oxygen atoms in total. The van der Waals surface area contributed by atoms with Crippen molar-refractivity contribution in [2.45, 2.75) is 73.8 Å². The molecule has 0 spiro atoms. The van der Waals surface area contributed by atoms with Crippen molar-refractivity contribution in [2.75, 3.05) is 0 Å². The van der Waals surface area contributed by atoms with Gasteiger partial charge in [-0.2, -0.15) is 0 Å². The number of aliphatic carboxylic acids is 12. The quantitative estimate of drug-likeness (QED) is 0.0756. The number of hydrogen-bond acceptors (Lipinski definition) is 29. The average molecular weight is 1050 g/mol. The van der Waals surface area contributed by atoms with Crippen molar-refractivity contribution in [1.29, 1.82) is 0 Å². The number of carboxylic acid groups (broad SMARTS) is 12. The largest absolute Gasteiger partial charge is 4.00 e. The molecule has 0 aliphatic heterocycles. The van der Waals surface area contributed by atoms with E-state index in [2.05, 4.69) is 0 Å². The third-order valence-electron chi connectivity index (χ3n) is 5.01. The number of carbonyl (C=O) groups excluding carboxylic acids is 12. The van der Waals surface area contributed by atoms with Crippen LogP contribution in [0.2, 0.25) is 0 Å². The summed E-state index contributed by atoms with van der Waals surface area (Å²) in [6, 6.07) is 0. The summed E-state index contributed by atoms with van der Waals surface area (Å²) >= 11 is 0. The second kappa shape index (κ2) is 31.2. The molecule has 7 N–H and O–H groups in total. The minimum absolute atomic E-state index is 0. The first-order valence-corrected chi connectivity index (χ1v) is 12.5. The summed E-state index contributed by atoms with van der Waals surface area (Å²) < 4.78 is 0. The number of rotatable bonds is 20. The van der Waals surface area contributed by atoms with E-state index in [1.54, 1.807) is 0 Å². The van der Waals surface area contributed by atoms with Gasteiger partial charge in [-0.1, -0.05) is 0 Å². The first-order chi connectivity index (χ1) is 23.1. The molecule has 0 aromatic rings. The van der Waals surface area contributed by atoms with Crippen LogP contribution in [0.3, 0.4) is 0 Å². The van der Waals surface area contributed by atoms with Gasteiger partial charge in [0.15, 0.2) is 0 Å². The second-order valence-corrected chi connectivity index (χ2v) is 9.67. The molecular weight excluding hydrogens is 1020 g/mol. The molecular formula is C24H23NO28Zr3. The Labute approximate surface area is 367 Å². The van der Waals surface area contributed by atoms with E-state index in [1.165, 1.54) is 0 Å². The summed E-state index contributed by atoms with van der Waals surface area (Å²) in [5, 5.41) is 156. The zero-order chi connectivity index (χ0) is 42.6. The van der Waals surface area contributed by atoms with Gasteiger partial charge in [-0.15, -0.1) is 0 Å². The van der Waals surface area contributed by atoms with Gasteiger partial charge in [0.1, 0.15) is 22.4 Å². The van der Waals surface area contributed by atoms with E-state index in [9.17, 15) is 119 Å². The van der Waals surface area contributed by atoms with Crippen LogP contribution in [0.5, 0.6) is 0 Å². The van der Waals surface area contributed by atoms with Crippen molar-refractivity contribution in [3.8, 4) is 0 Å². The minimum atomic E-state index is -2.97. The van der Waals surface area contributed by atoms with Crippen LogP contribution in [-0.4, -0.2) is 114 Å². The molecule has 0 amide bonds. The fraction of sp³-hybridized carbons (Fsp3) is 0.500. The molecule has 0 unspecified atom stereocenters. The molecule has 0 saturated heterocycles. The minimum Gasteiger partial charge on any atom is -0.550 e. The number of carboxylic acids is 12. The maximum atomic E-state index is 10.1. The molecule has 0 radical (unpaired) electrons. The van der Waals surface area contributed by atoms with Gasteiger partial charge >= 0.3 is 78.6 Å². The Morgan fingerprint density at radius 2 is 0.339 bits per heavy atom. The summed E-state index contributed by atoms with van der Waals surface area (Å²) in [5.74, 6) is -23.9. The average Bonchev–Trinajstić information content (AvgIpc) is 2.85. The van der Waals surface area contributed by atoms with Crippen molar-refractivity contribution in [1.82, 2.24) is 6.15 Å². The summed E-state index contributed by atoms with van der Waals surface area (Å²) in [5.41, 5.74) is -11.9. The zero-order valence-corrected chi connectivity index (χ0v) is 34.8. The number of aliphatic hydroxyl groups is 4. The number of carbonyl (C=O) groups is 12. The summed E-state index contributed by atoms with van der Waals surface area (Å²) in [6.07, 6.45) is -10.9. The standard InChI is InChI=1S/4C6H8O7.H3N.3Zr/c4*7-3(8)1-6(13,5(11)12)2-4(9)10;;;;/h4*13H,1-2H2,(H,7,8)(H,9,10)(H,11,12);1H3;;;/q;;;;;3*+4/p-12. The van der Waals surface area contributed by atoms with Gasteiger partial charge in [0, 0.05) is 99.1 Å². The van der Waals surface area contributed by atoms with Gasteiger partial charge in [0.05, 0.1) is 23.9 Å². The van der Waals surface area contributed by atoms with Crippen LogP contribution < -0.4 is 67.4 Å². The van der Waals surface area contributed by atoms with Crippen molar-refractivity contribution >= 4 is 71.6 Å². The van der Waals surface area contributed by atoms with Crippen LogP contribution in [0, 0.1) is 0 Å². The van der Waals surface area contributed by atoms with E-state index in [0.717, 1.165) is 0 Å². The van der Waals surface area contributed by atoms with E-state index < -0.39 is 145 Å². The molecule has 0 fully saturated rings. The Bertz CT molecular complexity index is 1140. The molecule has 32 heteroatoms. The molecule has 304 valence electrons. The Balaban J connectivity index is -0.0000000893. The molecule has 0 rings (SSSR count). The second-order valence-electron chi connectivity index (χ2n) is 9.67. The molecule has 0 aromatic heterocycles. The van der Waals surface area contributed by atoms with Crippen LogP contribution in [0.4, 0.5) is 0 Å². The van der Waals surface area contributed by atoms with Gasteiger partial charge in [0.2, 0.25) is 0 Å². The van der Waals surface area contributed by atoms with Gasteiger partial charge in [0.25, 0.3) is 0 Å². The van der Waals surface area contributed by atoms with Gasteiger partial charge < -0.3 is 145 Å². The van der Waals surface area contributed by atoms with Gasteiger partial charge in [-0.3, -0.25) is 0 Å². The Hall–Kier alpha value is -3.91. The molecule has 0 bridgehead atoms. The molecule has 0 aliphatic carbocycles. The maximum Gasteiger partial charge on any atom is 4.00 e. The SMILES string of the molecule is N.O=C([O-])CC(O)(CC(=O)[O-])C(=O)[O-].O=C([O-])CC(O)(CC(=O)[O-])C(=O)[O-].O=C([O-])CC(O)(CC(=O)[O-])C(=O)[O-].O=C([O-])CC(O)(CC(=O)[O-])C(=O)[O-].[Zr+4].[Zr+4].[Zr+4]. The number of hydrogen-bond donors (Lipinski definition) is 5. The fourth-order valence-electron chi connectivity index (χ4n) is 2.74. The topological polar surface area (TPSA) is 597 Å². The van der Waals surface area contributed by atoms with E-state index >= 15 is 0 Å². The van der Waals surface area contributed by atoms with Crippen molar-refractivity contribution < 1.29 is 218 Å². The fourth-order valence-corrected chi connectivity index (χ4v) is 2.74. The van der Waals surface area contributed by atoms with E-state index in [0.29, 0.717) is 0 Å². The van der Waals surface area contributed by atoms with E-state index in [4.69, 9.17) is 20.4 Å². The molecule has 0 aliphatic rings. The summed E-state index contributed by atoms with van der Waals surface area (Å²) in [4.78, 5) is 120. The van der Waals surface area contributed by atoms with Gasteiger partial charge in [-0.25, -0.2) is 0 Å². The summed E-state index contributed by atoms with van der Waals surface area (Å²) in [7, 11) is 0. The Morgan fingerprint density at radius 1 is 0.268 bits per heavy atom. The monoisotopic (exact) mass is 1040 g/mol. The maximum absolute atomic E-state index is 10.1.